The molecule has 14 N–H and O–H groups in total. The maximum atomic E-state index is 11.1. The second-order valence-electron chi connectivity index (χ2n) is 11.2. The summed E-state index contributed by atoms with van der Waals surface area (Å²) in [5, 5.41) is 142. The van der Waals surface area contributed by atoms with Crippen LogP contribution in [-0.2, 0) is 33.2 Å². The van der Waals surface area contributed by atoms with Crippen molar-refractivity contribution in [1.82, 2.24) is 0 Å². The van der Waals surface area contributed by atoms with Crippen LogP contribution in [0, 0.1) is 0 Å². The molecule has 4 rings (SSSR count). The van der Waals surface area contributed by atoms with Gasteiger partial charge in [-0.15, -0.1) is 0 Å². The van der Waals surface area contributed by atoms with E-state index in [9.17, 15) is 71.5 Å². The Morgan fingerprint density at radius 2 is 0.778 bits per heavy atom. The lowest BCUT2D eigenvalue weighted by atomic mass is 9.96. The summed E-state index contributed by atoms with van der Waals surface area (Å²) < 4.78 is 38.0. The Morgan fingerprint density at radius 3 is 1.29 bits per heavy atom. The first-order valence-electron chi connectivity index (χ1n) is 14.1. The summed E-state index contributed by atoms with van der Waals surface area (Å²) in [6.45, 7) is -3.21. The fourth-order valence-electron chi connectivity index (χ4n) is 5.44. The van der Waals surface area contributed by atoms with E-state index in [0.29, 0.717) is 0 Å². The zero-order valence-corrected chi connectivity index (χ0v) is 23.5. The molecule has 0 aromatic carbocycles. The van der Waals surface area contributed by atoms with Gasteiger partial charge in [0.25, 0.3) is 0 Å². The van der Waals surface area contributed by atoms with Gasteiger partial charge in [0.1, 0.15) is 97.7 Å². The highest BCUT2D eigenvalue weighted by atomic mass is 16.8. The summed E-state index contributed by atoms with van der Waals surface area (Å²) >= 11 is 0. The standard InChI is InChI=1S/C24H42O21/c25-1-5-9(28)11(30)16(35)22(41-5)39-4-8-20(45-23-17(36)12(31)10(29)6(2-26)42-23)14(33)18(37)24(43-8)44-19-7(3-27)40-21(38)15(34)13(19)32/h5-38H,1-4H2/t5-,6-,7-,8-,9-,10-,11+,12+,13-,14-,15-,16+,17-,18-,19+,20+,21+,22+,23-,24-/m1/s1. The van der Waals surface area contributed by atoms with Crippen molar-refractivity contribution in [3.05, 3.63) is 0 Å². The number of ether oxygens (including phenoxy) is 7. The quantitative estimate of drug-likeness (QED) is 0.103. The highest BCUT2D eigenvalue weighted by Crippen LogP contribution is 2.33. The van der Waals surface area contributed by atoms with Gasteiger partial charge in [0, 0.05) is 0 Å². The molecule has 45 heavy (non-hydrogen) atoms. The summed E-state index contributed by atoms with van der Waals surface area (Å²) in [4.78, 5) is 0. The van der Waals surface area contributed by atoms with E-state index in [4.69, 9.17) is 33.2 Å². The Hall–Kier alpha value is -0.840. The van der Waals surface area contributed by atoms with Crippen molar-refractivity contribution in [2.75, 3.05) is 26.4 Å². The predicted molar refractivity (Wildman–Crippen MR) is 134 cm³/mol. The van der Waals surface area contributed by atoms with Crippen molar-refractivity contribution in [3.63, 3.8) is 0 Å². The molecule has 0 amide bonds. The summed E-state index contributed by atoms with van der Waals surface area (Å²) in [6, 6.07) is 0. The molecule has 21 heteroatoms. The van der Waals surface area contributed by atoms with Gasteiger partial charge in [-0.3, -0.25) is 0 Å². The minimum absolute atomic E-state index is 0.761. The van der Waals surface area contributed by atoms with Crippen molar-refractivity contribution < 1.29 is 105 Å². The minimum Gasteiger partial charge on any atom is -0.394 e. The highest BCUT2D eigenvalue weighted by Gasteiger charge is 2.54. The third kappa shape index (κ3) is 7.59. The first kappa shape index (κ1) is 37.0. The molecule has 21 nitrogen and oxygen atoms in total. The molecule has 4 aliphatic rings. The predicted octanol–water partition coefficient (Wildman–Crippen LogP) is -9.75. The molecular weight excluding hydrogens is 624 g/mol. The van der Waals surface area contributed by atoms with Crippen LogP contribution in [0.5, 0.6) is 0 Å². The molecule has 0 radical (unpaired) electrons. The summed E-state index contributed by atoms with van der Waals surface area (Å²) in [5.41, 5.74) is 0. The first-order valence-corrected chi connectivity index (χ1v) is 14.1. The Balaban J connectivity index is 1.56. The molecular formula is C24H42O21. The van der Waals surface area contributed by atoms with E-state index in [1.54, 1.807) is 0 Å². The largest absolute Gasteiger partial charge is 0.394 e. The maximum absolute atomic E-state index is 11.1. The van der Waals surface area contributed by atoms with Crippen LogP contribution < -0.4 is 0 Å². The molecule has 20 atom stereocenters. The number of aliphatic hydroxyl groups excluding tert-OH is 14. The highest BCUT2D eigenvalue weighted by molar-refractivity contribution is 4.97. The average molecular weight is 667 g/mol. The lowest BCUT2D eigenvalue weighted by Gasteiger charge is -2.48. The van der Waals surface area contributed by atoms with Crippen molar-refractivity contribution in [1.29, 1.82) is 0 Å². The zero-order chi connectivity index (χ0) is 33.3. The Labute approximate surface area is 254 Å². The van der Waals surface area contributed by atoms with Gasteiger partial charge in [0.05, 0.1) is 26.4 Å². The second-order valence-corrected chi connectivity index (χ2v) is 11.2. The van der Waals surface area contributed by atoms with Gasteiger partial charge >= 0.3 is 0 Å². The van der Waals surface area contributed by atoms with Gasteiger partial charge in [-0.25, -0.2) is 0 Å². The van der Waals surface area contributed by atoms with Crippen molar-refractivity contribution in [2.45, 2.75) is 123 Å². The van der Waals surface area contributed by atoms with Crippen LogP contribution in [0.25, 0.3) is 0 Å². The monoisotopic (exact) mass is 666 g/mol. The minimum atomic E-state index is -2.06. The van der Waals surface area contributed by atoms with Crippen LogP contribution in [0.1, 0.15) is 0 Å². The van der Waals surface area contributed by atoms with Gasteiger partial charge in [0.2, 0.25) is 0 Å². The normalized spacial score (nSPS) is 52.9. The lowest BCUT2D eigenvalue weighted by molar-refractivity contribution is -0.383. The Morgan fingerprint density at radius 1 is 0.378 bits per heavy atom. The van der Waals surface area contributed by atoms with Gasteiger partial charge < -0.3 is 105 Å². The zero-order valence-electron chi connectivity index (χ0n) is 23.5. The number of aliphatic hydroxyl groups is 14. The van der Waals surface area contributed by atoms with E-state index >= 15 is 0 Å². The average Bonchev–Trinajstić information content (AvgIpc) is 3.03. The molecule has 0 aromatic heterocycles. The van der Waals surface area contributed by atoms with Crippen LogP contribution >= 0.6 is 0 Å². The van der Waals surface area contributed by atoms with Crippen molar-refractivity contribution in [2.24, 2.45) is 0 Å². The summed E-state index contributed by atoms with van der Waals surface area (Å²) in [5.74, 6) is 0. The molecule has 0 saturated carbocycles. The first-order chi connectivity index (χ1) is 21.2. The van der Waals surface area contributed by atoms with Crippen molar-refractivity contribution in [3.8, 4) is 0 Å². The van der Waals surface area contributed by atoms with E-state index in [-0.39, 0.29) is 0 Å². The van der Waals surface area contributed by atoms with E-state index in [1.807, 2.05) is 0 Å². The molecule has 0 spiro atoms. The van der Waals surface area contributed by atoms with Crippen LogP contribution in [0.15, 0.2) is 0 Å². The fourth-order valence-corrected chi connectivity index (χ4v) is 5.44. The van der Waals surface area contributed by atoms with E-state index < -0.39 is 149 Å². The molecule has 0 aliphatic carbocycles. The molecule has 4 heterocycles. The summed E-state index contributed by atoms with van der Waals surface area (Å²) in [7, 11) is 0. The molecule has 0 aromatic rings. The van der Waals surface area contributed by atoms with Crippen LogP contribution in [-0.4, -0.2) is 221 Å². The summed E-state index contributed by atoms with van der Waals surface area (Å²) in [6.07, 6.45) is -35.6. The smallest absolute Gasteiger partial charge is 0.187 e. The maximum Gasteiger partial charge on any atom is 0.187 e. The topological polar surface area (TPSA) is 348 Å². The second kappa shape index (κ2) is 15.6. The van der Waals surface area contributed by atoms with Gasteiger partial charge in [-0.2, -0.15) is 0 Å². The third-order valence-electron chi connectivity index (χ3n) is 8.18. The van der Waals surface area contributed by atoms with Crippen molar-refractivity contribution >= 4 is 0 Å². The van der Waals surface area contributed by atoms with Gasteiger partial charge in [-0.05, 0) is 0 Å². The molecule has 0 bridgehead atoms. The number of hydrogen-bond donors (Lipinski definition) is 14. The molecule has 0 unspecified atom stereocenters. The van der Waals surface area contributed by atoms with Gasteiger partial charge in [-0.1, -0.05) is 0 Å². The molecule has 4 saturated heterocycles. The van der Waals surface area contributed by atoms with Gasteiger partial charge in [0.15, 0.2) is 25.2 Å². The van der Waals surface area contributed by atoms with Crippen LogP contribution in [0.4, 0.5) is 0 Å². The molecule has 264 valence electrons. The van der Waals surface area contributed by atoms with Crippen LogP contribution in [0.3, 0.4) is 0 Å². The fraction of sp³-hybridized carbons (Fsp3) is 1.00. The van der Waals surface area contributed by atoms with E-state index in [2.05, 4.69) is 0 Å². The number of rotatable bonds is 10. The van der Waals surface area contributed by atoms with Crippen LogP contribution in [0.2, 0.25) is 0 Å². The Bertz CT molecular complexity index is 912. The van der Waals surface area contributed by atoms with E-state index in [0.717, 1.165) is 0 Å². The SMILES string of the molecule is OC[C@H]1O[C@H](OC[C@H]2O[C@H](O[C@@H]3[C@H](O)[C@@H](O)[C@@H](O)O[C@@H]3CO)[C@H](O)[C@@H](O)[C@H]2O[C@H]2O[C@H](CO)[C@@H](O)[C@H](O)[C@H]2O)[C@@H](O)[C@@H](O)[C@@H]1O. The van der Waals surface area contributed by atoms with E-state index in [1.165, 1.54) is 0 Å². The lowest BCUT2D eigenvalue weighted by Crippen LogP contribution is -2.67. The Kier molecular flexibility index (Phi) is 12.8. The third-order valence-corrected chi connectivity index (χ3v) is 8.18. The molecule has 4 fully saturated rings. The molecule has 4 aliphatic heterocycles. The number of hydrogen-bond acceptors (Lipinski definition) is 21.